The summed E-state index contributed by atoms with van der Waals surface area (Å²) in [5, 5.41) is 0. The summed E-state index contributed by atoms with van der Waals surface area (Å²) >= 11 is 3.39. The first-order valence-corrected chi connectivity index (χ1v) is 5.40. The van der Waals surface area contributed by atoms with Gasteiger partial charge in [-0.15, -0.1) is 0 Å². The maximum atomic E-state index is 5.60. The van der Waals surface area contributed by atoms with Crippen molar-refractivity contribution in [3.05, 3.63) is 52.6 Å². The molecule has 0 unspecified atom stereocenters. The van der Waals surface area contributed by atoms with Crippen molar-refractivity contribution >= 4 is 15.9 Å². The standard InChI is InChI=1S/C12H10BrNO/c1-9-4-2-7-12(14-9)15-11-6-3-5-10(13)8-11/h2-8H,1H3. The van der Waals surface area contributed by atoms with Crippen molar-refractivity contribution in [3.8, 4) is 11.6 Å². The molecule has 76 valence electrons. The fourth-order valence-electron chi connectivity index (χ4n) is 1.23. The third-order valence-electron chi connectivity index (χ3n) is 1.88. The summed E-state index contributed by atoms with van der Waals surface area (Å²) < 4.78 is 6.59. The second-order valence-electron chi connectivity index (χ2n) is 3.18. The lowest BCUT2D eigenvalue weighted by atomic mass is 10.3. The molecule has 3 heteroatoms. The molecule has 1 heterocycles. The summed E-state index contributed by atoms with van der Waals surface area (Å²) in [6, 6.07) is 13.4. The van der Waals surface area contributed by atoms with E-state index in [1.54, 1.807) is 0 Å². The number of hydrogen-bond donors (Lipinski definition) is 0. The summed E-state index contributed by atoms with van der Waals surface area (Å²) in [6.45, 7) is 1.94. The molecule has 0 atom stereocenters. The molecule has 1 aromatic carbocycles. The highest BCUT2D eigenvalue weighted by Crippen LogP contribution is 2.22. The number of nitrogens with zero attached hydrogens (tertiary/aromatic N) is 1. The van der Waals surface area contributed by atoms with Gasteiger partial charge in [-0.1, -0.05) is 28.1 Å². The first-order chi connectivity index (χ1) is 7.24. The molecule has 2 nitrogen and oxygen atoms in total. The molecule has 0 fully saturated rings. The minimum Gasteiger partial charge on any atom is -0.439 e. The summed E-state index contributed by atoms with van der Waals surface area (Å²) in [7, 11) is 0. The molecular weight excluding hydrogens is 254 g/mol. The van der Waals surface area contributed by atoms with E-state index in [2.05, 4.69) is 20.9 Å². The Kier molecular flexibility index (Phi) is 3.02. The van der Waals surface area contributed by atoms with Crippen molar-refractivity contribution in [1.29, 1.82) is 0 Å². The minimum atomic E-state index is 0.619. The zero-order valence-electron chi connectivity index (χ0n) is 8.27. The van der Waals surface area contributed by atoms with Crippen molar-refractivity contribution < 1.29 is 4.74 Å². The molecule has 0 amide bonds. The van der Waals surface area contributed by atoms with Gasteiger partial charge in [-0.25, -0.2) is 4.98 Å². The first-order valence-electron chi connectivity index (χ1n) is 4.61. The van der Waals surface area contributed by atoms with Crippen LogP contribution in [0, 0.1) is 6.92 Å². The van der Waals surface area contributed by atoms with Gasteiger partial charge in [-0.3, -0.25) is 0 Å². The third kappa shape index (κ3) is 2.80. The van der Waals surface area contributed by atoms with Crippen LogP contribution in [0.15, 0.2) is 46.9 Å². The number of hydrogen-bond acceptors (Lipinski definition) is 2. The Bertz CT molecular complexity index is 427. The van der Waals surface area contributed by atoms with Gasteiger partial charge in [0.2, 0.25) is 5.88 Å². The van der Waals surface area contributed by atoms with E-state index in [0.717, 1.165) is 15.9 Å². The molecule has 2 rings (SSSR count). The van der Waals surface area contributed by atoms with Gasteiger partial charge in [-0.2, -0.15) is 0 Å². The second kappa shape index (κ2) is 4.45. The Balaban J connectivity index is 2.22. The summed E-state index contributed by atoms with van der Waals surface area (Å²) in [5.41, 5.74) is 0.947. The molecule has 0 bridgehead atoms. The third-order valence-corrected chi connectivity index (χ3v) is 2.37. The average molecular weight is 264 g/mol. The molecule has 0 N–H and O–H groups in total. The van der Waals surface area contributed by atoms with Crippen molar-refractivity contribution in [1.82, 2.24) is 4.98 Å². The Morgan fingerprint density at radius 2 is 1.93 bits per heavy atom. The van der Waals surface area contributed by atoms with Crippen LogP contribution in [0.4, 0.5) is 0 Å². The van der Waals surface area contributed by atoms with Crippen LogP contribution in [0.1, 0.15) is 5.69 Å². The number of pyridine rings is 1. The van der Waals surface area contributed by atoms with Crippen molar-refractivity contribution in [2.24, 2.45) is 0 Å². The van der Waals surface area contributed by atoms with E-state index < -0.39 is 0 Å². The first kappa shape index (κ1) is 10.2. The number of aromatic nitrogens is 1. The van der Waals surface area contributed by atoms with Gasteiger partial charge in [0.25, 0.3) is 0 Å². The van der Waals surface area contributed by atoms with E-state index in [1.807, 2.05) is 49.4 Å². The van der Waals surface area contributed by atoms with Crippen LogP contribution >= 0.6 is 15.9 Å². The van der Waals surface area contributed by atoms with Crippen LogP contribution in [0.5, 0.6) is 11.6 Å². The Morgan fingerprint density at radius 3 is 2.67 bits per heavy atom. The quantitative estimate of drug-likeness (QED) is 0.819. The molecule has 0 aliphatic rings. The Morgan fingerprint density at radius 1 is 1.13 bits per heavy atom. The van der Waals surface area contributed by atoms with Gasteiger partial charge < -0.3 is 4.74 Å². The molecule has 15 heavy (non-hydrogen) atoms. The van der Waals surface area contributed by atoms with Gasteiger partial charge >= 0.3 is 0 Å². The number of ether oxygens (including phenoxy) is 1. The van der Waals surface area contributed by atoms with E-state index in [0.29, 0.717) is 5.88 Å². The highest BCUT2D eigenvalue weighted by molar-refractivity contribution is 9.10. The van der Waals surface area contributed by atoms with Gasteiger partial charge in [0.1, 0.15) is 5.75 Å². The predicted octanol–water partition coefficient (Wildman–Crippen LogP) is 3.94. The molecule has 0 aliphatic carbocycles. The summed E-state index contributed by atoms with van der Waals surface area (Å²) in [5.74, 6) is 1.40. The normalized spacial score (nSPS) is 10.0. The molecule has 0 spiro atoms. The monoisotopic (exact) mass is 263 g/mol. The molecule has 0 radical (unpaired) electrons. The lowest BCUT2D eigenvalue weighted by Gasteiger charge is -2.05. The van der Waals surface area contributed by atoms with Crippen LogP contribution in [0.3, 0.4) is 0 Å². The van der Waals surface area contributed by atoms with Gasteiger partial charge in [-0.05, 0) is 31.2 Å². The topological polar surface area (TPSA) is 22.1 Å². The molecule has 0 saturated heterocycles. The van der Waals surface area contributed by atoms with Crippen molar-refractivity contribution in [3.63, 3.8) is 0 Å². The molecule has 1 aromatic heterocycles. The highest BCUT2D eigenvalue weighted by atomic mass is 79.9. The Labute approximate surface area is 97.1 Å². The van der Waals surface area contributed by atoms with Crippen LogP contribution in [0.2, 0.25) is 0 Å². The van der Waals surface area contributed by atoms with E-state index in [4.69, 9.17) is 4.74 Å². The lowest BCUT2D eigenvalue weighted by molar-refractivity contribution is 0.461. The predicted molar refractivity (Wildman–Crippen MR) is 63.2 cm³/mol. The summed E-state index contributed by atoms with van der Waals surface area (Å²) in [4.78, 5) is 4.26. The largest absolute Gasteiger partial charge is 0.439 e. The maximum Gasteiger partial charge on any atom is 0.219 e. The van der Waals surface area contributed by atoms with Crippen LogP contribution < -0.4 is 4.74 Å². The van der Waals surface area contributed by atoms with E-state index >= 15 is 0 Å². The van der Waals surface area contributed by atoms with Gasteiger partial charge in [0.15, 0.2) is 0 Å². The van der Waals surface area contributed by atoms with Gasteiger partial charge in [0, 0.05) is 16.2 Å². The molecule has 0 saturated carbocycles. The average Bonchev–Trinajstić information content (AvgIpc) is 2.17. The second-order valence-corrected chi connectivity index (χ2v) is 4.09. The van der Waals surface area contributed by atoms with E-state index in [-0.39, 0.29) is 0 Å². The Hall–Kier alpha value is -1.35. The van der Waals surface area contributed by atoms with E-state index in [1.165, 1.54) is 0 Å². The van der Waals surface area contributed by atoms with Crippen LogP contribution in [-0.2, 0) is 0 Å². The minimum absolute atomic E-state index is 0.619. The highest BCUT2D eigenvalue weighted by Gasteiger charge is 1.98. The van der Waals surface area contributed by atoms with Crippen molar-refractivity contribution in [2.45, 2.75) is 6.92 Å². The smallest absolute Gasteiger partial charge is 0.219 e. The lowest BCUT2D eigenvalue weighted by Crippen LogP contribution is -1.88. The maximum absolute atomic E-state index is 5.60. The molecular formula is C12H10BrNO. The fourth-order valence-corrected chi connectivity index (χ4v) is 1.60. The molecule has 0 aliphatic heterocycles. The SMILES string of the molecule is Cc1cccc(Oc2cccc(Br)c2)n1. The molecule has 2 aromatic rings. The fraction of sp³-hybridized carbons (Fsp3) is 0.0833. The van der Waals surface area contributed by atoms with Gasteiger partial charge in [0.05, 0.1) is 0 Å². The van der Waals surface area contributed by atoms with Crippen LogP contribution in [0.25, 0.3) is 0 Å². The summed E-state index contributed by atoms with van der Waals surface area (Å²) in [6.07, 6.45) is 0. The van der Waals surface area contributed by atoms with E-state index in [9.17, 15) is 0 Å². The number of rotatable bonds is 2. The number of benzene rings is 1. The number of halogens is 1. The van der Waals surface area contributed by atoms with Crippen molar-refractivity contribution in [2.75, 3.05) is 0 Å². The van der Waals surface area contributed by atoms with Crippen LogP contribution in [-0.4, -0.2) is 4.98 Å². The zero-order valence-corrected chi connectivity index (χ0v) is 9.86. The zero-order chi connectivity index (χ0) is 10.7. The number of aryl methyl sites for hydroxylation is 1.